The van der Waals surface area contributed by atoms with E-state index in [1.165, 1.54) is 89.9 Å². The van der Waals surface area contributed by atoms with E-state index in [1.807, 2.05) is 0 Å². The van der Waals surface area contributed by atoms with Crippen LogP contribution in [0.2, 0.25) is 0 Å². The van der Waals surface area contributed by atoms with E-state index in [4.69, 9.17) is 23.7 Å². The molecule has 6 unspecified atom stereocenters. The Morgan fingerprint density at radius 3 is 1.25 bits per heavy atom. The second kappa shape index (κ2) is 51.2. The maximum absolute atomic E-state index is 13.1. The number of allylic oxidation sites excluding steroid dienone is 10. The number of aliphatic hydroxyl groups is 2. The van der Waals surface area contributed by atoms with Gasteiger partial charge in [0.05, 0.1) is 6.61 Å². The SMILES string of the molecule is CCCC/C=C\CCCCCCCC(=O)OC(COC(=O)CCCCCCCCCCC/C=C\C/C=C\CCCCC)COC1OC(C(=O)O)C(O)C(O)C1OC(=O)CCCCCCC/C=C\C/C=C\CCCCC. The van der Waals surface area contributed by atoms with E-state index < -0.39 is 67.3 Å². The number of carboxylic acids is 1. The topological polar surface area (TPSA) is 175 Å². The molecular weight excluding hydrogens is 949 g/mol. The van der Waals surface area contributed by atoms with Crippen molar-refractivity contribution < 1.29 is 58.2 Å². The molecule has 75 heavy (non-hydrogen) atoms. The Kier molecular flexibility index (Phi) is 47.4. The first-order valence-corrected chi connectivity index (χ1v) is 30.3. The number of unbranched alkanes of at least 4 members (excludes halogenated alkanes) is 27. The van der Waals surface area contributed by atoms with Crippen molar-refractivity contribution in [2.45, 2.75) is 302 Å². The third-order valence-electron chi connectivity index (χ3n) is 13.5. The van der Waals surface area contributed by atoms with Crippen molar-refractivity contribution in [3.05, 3.63) is 60.8 Å². The zero-order valence-corrected chi connectivity index (χ0v) is 47.5. The van der Waals surface area contributed by atoms with Crippen LogP contribution in [0.1, 0.15) is 265 Å². The van der Waals surface area contributed by atoms with Crippen molar-refractivity contribution in [1.82, 2.24) is 0 Å². The summed E-state index contributed by atoms with van der Waals surface area (Å²) < 4.78 is 28.4. The van der Waals surface area contributed by atoms with Crippen molar-refractivity contribution in [3.63, 3.8) is 0 Å². The average Bonchev–Trinajstić information content (AvgIpc) is 3.39. The second-order valence-electron chi connectivity index (χ2n) is 20.6. The van der Waals surface area contributed by atoms with Gasteiger partial charge in [0.25, 0.3) is 0 Å². The summed E-state index contributed by atoms with van der Waals surface area (Å²) in [4.78, 5) is 51.1. The standard InChI is InChI=1S/C63H108O12/c1-4-7-10-13-16-19-22-24-26-27-28-29-31-32-35-37-40-43-46-49-55(64)71-52-54(73-56(65)50-47-44-41-38-34-21-18-15-12-9-6-3)53-72-63-61(59(68)58(67)60(75-63)62(69)70)74-57(66)51-48-45-42-39-36-33-30-25-23-20-17-14-11-8-5-2/h15-20,24-26,30,54,58-61,63,67-68H,4-14,21-23,27-29,31-53H2,1-3H3,(H,69,70)/b18-15-,19-16-,20-17-,26-24-,30-25-. The molecule has 12 heteroatoms. The monoisotopic (exact) mass is 1060 g/mol. The Labute approximate surface area is 456 Å². The average molecular weight is 1060 g/mol. The summed E-state index contributed by atoms with van der Waals surface area (Å²) in [6, 6.07) is 0. The highest BCUT2D eigenvalue weighted by Gasteiger charge is 2.50. The van der Waals surface area contributed by atoms with Crippen molar-refractivity contribution in [2.75, 3.05) is 13.2 Å². The minimum Gasteiger partial charge on any atom is -0.479 e. The Hall–Kier alpha value is -3.58. The number of carbonyl (C=O) groups is 4. The van der Waals surface area contributed by atoms with Crippen LogP contribution in [0.25, 0.3) is 0 Å². The maximum Gasteiger partial charge on any atom is 0.335 e. The van der Waals surface area contributed by atoms with Crippen molar-refractivity contribution in [1.29, 1.82) is 0 Å². The number of rotatable bonds is 51. The number of aliphatic carboxylic acids is 1. The van der Waals surface area contributed by atoms with Gasteiger partial charge in [-0.1, -0.05) is 204 Å². The summed E-state index contributed by atoms with van der Waals surface area (Å²) in [5.41, 5.74) is 0. The zero-order chi connectivity index (χ0) is 54.7. The zero-order valence-electron chi connectivity index (χ0n) is 47.5. The Morgan fingerprint density at radius 1 is 0.440 bits per heavy atom. The summed E-state index contributed by atoms with van der Waals surface area (Å²) in [6.45, 7) is 5.89. The first-order chi connectivity index (χ1) is 36.6. The normalized spacial score (nSPS) is 18.5. The highest BCUT2D eigenvalue weighted by Crippen LogP contribution is 2.26. The molecule has 1 rings (SSSR count). The molecule has 6 atom stereocenters. The molecule has 0 aromatic carbocycles. The summed E-state index contributed by atoms with van der Waals surface area (Å²) in [5.74, 6) is -3.15. The molecule has 3 N–H and O–H groups in total. The van der Waals surface area contributed by atoms with Gasteiger partial charge in [-0.3, -0.25) is 14.4 Å². The molecule has 1 saturated heterocycles. The van der Waals surface area contributed by atoms with Gasteiger partial charge in [-0.25, -0.2) is 4.79 Å². The number of hydrogen-bond acceptors (Lipinski definition) is 11. The lowest BCUT2D eigenvalue weighted by Crippen LogP contribution is -2.61. The minimum absolute atomic E-state index is 0.0431. The highest BCUT2D eigenvalue weighted by molar-refractivity contribution is 5.74. The van der Waals surface area contributed by atoms with Gasteiger partial charge >= 0.3 is 23.9 Å². The molecule has 0 saturated carbocycles. The molecule has 0 radical (unpaired) electrons. The predicted molar refractivity (Wildman–Crippen MR) is 303 cm³/mol. The van der Waals surface area contributed by atoms with Crippen LogP contribution in [0.5, 0.6) is 0 Å². The Bertz CT molecular complexity index is 1540. The van der Waals surface area contributed by atoms with E-state index in [0.29, 0.717) is 19.3 Å². The van der Waals surface area contributed by atoms with Crippen molar-refractivity contribution in [2.24, 2.45) is 0 Å². The molecule has 1 aliphatic rings. The highest BCUT2D eigenvalue weighted by atomic mass is 16.7. The van der Waals surface area contributed by atoms with Crippen molar-refractivity contribution in [3.8, 4) is 0 Å². The van der Waals surface area contributed by atoms with Crippen LogP contribution in [0.3, 0.4) is 0 Å². The third kappa shape index (κ3) is 41.2. The molecule has 432 valence electrons. The molecule has 0 bridgehead atoms. The largest absolute Gasteiger partial charge is 0.479 e. The number of esters is 3. The van der Waals surface area contributed by atoms with E-state index in [-0.39, 0.29) is 25.9 Å². The van der Waals surface area contributed by atoms with Gasteiger partial charge in [0, 0.05) is 19.3 Å². The predicted octanol–water partition coefficient (Wildman–Crippen LogP) is 15.6. The molecule has 0 aliphatic carbocycles. The number of hydrogen-bond donors (Lipinski definition) is 3. The molecule has 12 nitrogen and oxygen atoms in total. The Morgan fingerprint density at radius 2 is 0.813 bits per heavy atom. The number of aliphatic hydroxyl groups excluding tert-OH is 2. The van der Waals surface area contributed by atoms with Gasteiger partial charge < -0.3 is 39.0 Å². The van der Waals surface area contributed by atoms with Gasteiger partial charge in [0.15, 0.2) is 24.6 Å². The van der Waals surface area contributed by atoms with Crippen LogP contribution in [0.15, 0.2) is 60.8 Å². The molecule has 1 heterocycles. The van der Waals surface area contributed by atoms with Crippen LogP contribution >= 0.6 is 0 Å². The van der Waals surface area contributed by atoms with E-state index in [1.54, 1.807) is 0 Å². The van der Waals surface area contributed by atoms with Crippen LogP contribution in [0.4, 0.5) is 0 Å². The number of carboxylic acid groups (broad SMARTS) is 1. The summed E-state index contributed by atoms with van der Waals surface area (Å²) >= 11 is 0. The van der Waals surface area contributed by atoms with E-state index in [9.17, 15) is 34.5 Å². The van der Waals surface area contributed by atoms with Gasteiger partial charge in [-0.2, -0.15) is 0 Å². The lowest BCUT2D eigenvalue weighted by Gasteiger charge is -2.40. The summed E-state index contributed by atoms with van der Waals surface area (Å²) in [7, 11) is 0. The molecule has 0 spiro atoms. The first kappa shape index (κ1) is 69.4. The van der Waals surface area contributed by atoms with Gasteiger partial charge in [0.1, 0.15) is 18.8 Å². The van der Waals surface area contributed by atoms with Gasteiger partial charge in [-0.05, 0) is 103 Å². The summed E-state index contributed by atoms with van der Waals surface area (Å²) in [6.07, 6.45) is 50.5. The fourth-order valence-electron chi connectivity index (χ4n) is 8.82. The fraction of sp³-hybridized carbons (Fsp3) is 0.778. The van der Waals surface area contributed by atoms with E-state index in [2.05, 4.69) is 81.5 Å². The number of ether oxygens (including phenoxy) is 5. The fourth-order valence-corrected chi connectivity index (χ4v) is 8.82. The van der Waals surface area contributed by atoms with Crippen LogP contribution in [0, 0.1) is 0 Å². The number of carbonyl (C=O) groups excluding carboxylic acids is 3. The van der Waals surface area contributed by atoms with Crippen LogP contribution in [-0.4, -0.2) is 89.2 Å². The van der Waals surface area contributed by atoms with E-state index in [0.717, 1.165) is 116 Å². The smallest absolute Gasteiger partial charge is 0.335 e. The molecule has 0 amide bonds. The van der Waals surface area contributed by atoms with Gasteiger partial charge in [0.2, 0.25) is 0 Å². The molecular formula is C63H108O12. The maximum atomic E-state index is 13.1. The van der Waals surface area contributed by atoms with Crippen LogP contribution in [-0.2, 0) is 42.9 Å². The minimum atomic E-state index is -1.91. The third-order valence-corrected chi connectivity index (χ3v) is 13.5. The van der Waals surface area contributed by atoms with E-state index >= 15 is 0 Å². The molecule has 0 aromatic heterocycles. The molecule has 0 aromatic rings. The Balaban J connectivity index is 2.66. The lowest BCUT2D eigenvalue weighted by molar-refractivity contribution is -0.301. The van der Waals surface area contributed by atoms with Gasteiger partial charge in [-0.15, -0.1) is 0 Å². The van der Waals surface area contributed by atoms with Crippen LogP contribution < -0.4 is 0 Å². The quantitative estimate of drug-likeness (QED) is 0.0228. The lowest BCUT2D eigenvalue weighted by atomic mass is 9.98. The first-order valence-electron chi connectivity index (χ1n) is 30.3. The molecule has 1 aliphatic heterocycles. The second-order valence-corrected chi connectivity index (χ2v) is 20.6. The summed E-state index contributed by atoms with van der Waals surface area (Å²) in [5, 5.41) is 31.5. The molecule has 1 fully saturated rings. The van der Waals surface area contributed by atoms with Crippen molar-refractivity contribution >= 4 is 23.9 Å².